The van der Waals surface area contributed by atoms with E-state index in [-0.39, 0.29) is 11.0 Å². The fourth-order valence-corrected chi connectivity index (χ4v) is 3.55. The molecule has 0 radical (unpaired) electrons. The Hall–Kier alpha value is -2.15. The van der Waals surface area contributed by atoms with Crippen LogP contribution in [0, 0.1) is 5.92 Å². The van der Waals surface area contributed by atoms with Crippen LogP contribution in [-0.4, -0.2) is 47.0 Å². The van der Waals surface area contributed by atoms with Crippen LogP contribution in [0.4, 0.5) is 5.69 Å². The smallest absolute Gasteiger partial charge is 0.232 e. The monoisotopic (exact) mass is 370 g/mol. The Morgan fingerprint density at radius 3 is 2.67 bits per heavy atom. The highest BCUT2D eigenvalue weighted by atomic mass is 16.5. The van der Waals surface area contributed by atoms with Gasteiger partial charge in [-0.1, -0.05) is 25.9 Å². The van der Waals surface area contributed by atoms with Crippen molar-refractivity contribution in [3.8, 4) is 17.3 Å². The van der Waals surface area contributed by atoms with Crippen LogP contribution < -0.4 is 9.64 Å². The minimum Gasteiger partial charge on any atom is -0.491 e. The molecule has 3 aliphatic rings. The Labute approximate surface area is 159 Å². The van der Waals surface area contributed by atoms with E-state index in [1.54, 1.807) is 0 Å². The van der Waals surface area contributed by atoms with E-state index < -0.39 is 0 Å². The first-order valence-electron chi connectivity index (χ1n) is 9.77. The molecule has 144 valence electrons. The van der Waals surface area contributed by atoms with Crippen molar-refractivity contribution in [3.63, 3.8) is 0 Å². The van der Waals surface area contributed by atoms with Gasteiger partial charge in [-0.05, 0) is 25.2 Å². The number of anilines is 1. The highest BCUT2D eigenvalue weighted by Gasteiger charge is 2.51. The van der Waals surface area contributed by atoms with Gasteiger partial charge in [-0.25, -0.2) is 0 Å². The molecule has 1 saturated carbocycles. The first-order valence-corrected chi connectivity index (χ1v) is 9.77. The maximum Gasteiger partial charge on any atom is 0.232 e. The summed E-state index contributed by atoms with van der Waals surface area (Å²) >= 11 is 0. The van der Waals surface area contributed by atoms with Crippen LogP contribution in [0.1, 0.15) is 45.9 Å². The molecule has 2 aliphatic heterocycles. The third-order valence-corrected chi connectivity index (χ3v) is 5.72. The van der Waals surface area contributed by atoms with E-state index in [0.29, 0.717) is 23.3 Å². The van der Waals surface area contributed by atoms with Gasteiger partial charge in [-0.2, -0.15) is 4.98 Å². The van der Waals surface area contributed by atoms with Crippen LogP contribution in [0.25, 0.3) is 11.5 Å². The third-order valence-electron chi connectivity index (χ3n) is 5.72. The summed E-state index contributed by atoms with van der Waals surface area (Å²) in [5, 5.41) is 4.13. The highest BCUT2D eigenvalue weighted by Crippen LogP contribution is 2.45. The van der Waals surface area contributed by atoms with Crippen molar-refractivity contribution in [2.24, 2.45) is 5.92 Å². The lowest BCUT2D eigenvalue weighted by Gasteiger charge is -2.58. The van der Waals surface area contributed by atoms with Gasteiger partial charge in [0.1, 0.15) is 11.4 Å². The average Bonchev–Trinajstić information content (AvgIpc) is 3.23. The number of pyridine rings is 1. The van der Waals surface area contributed by atoms with Crippen LogP contribution in [0.15, 0.2) is 16.8 Å². The van der Waals surface area contributed by atoms with Gasteiger partial charge in [-0.15, -0.1) is 0 Å². The lowest BCUT2D eigenvalue weighted by Crippen LogP contribution is -2.71. The summed E-state index contributed by atoms with van der Waals surface area (Å²) in [4.78, 5) is 11.5. The Balaban J connectivity index is 1.46. The van der Waals surface area contributed by atoms with Crippen LogP contribution in [0.2, 0.25) is 0 Å². The SMILES string of the molecule is CC(C)(C)c1nc(-c2cc(OCC3CC3)c(N3CCC34COC4)cn2)no1. The van der Waals surface area contributed by atoms with Crippen molar-refractivity contribution in [3.05, 3.63) is 18.2 Å². The molecule has 0 bridgehead atoms. The fourth-order valence-electron chi connectivity index (χ4n) is 3.55. The van der Waals surface area contributed by atoms with E-state index in [0.717, 1.165) is 44.2 Å². The number of nitrogens with zero attached hydrogens (tertiary/aromatic N) is 4. The molecule has 3 fully saturated rings. The quantitative estimate of drug-likeness (QED) is 0.800. The van der Waals surface area contributed by atoms with Crippen LogP contribution in [0.3, 0.4) is 0 Å². The standard InChI is InChI=1S/C20H26N4O3/c1-19(2,3)18-22-17(23-27-18)14-8-16(26-10-13-4-5-13)15(9-21-14)24-7-6-20(24)11-25-12-20/h8-9,13H,4-7,10-12H2,1-3H3. The zero-order valence-corrected chi connectivity index (χ0v) is 16.2. The summed E-state index contributed by atoms with van der Waals surface area (Å²) in [6.45, 7) is 9.50. The molecule has 27 heavy (non-hydrogen) atoms. The molecule has 4 heterocycles. The third kappa shape index (κ3) is 2.98. The van der Waals surface area contributed by atoms with E-state index in [2.05, 4.69) is 40.8 Å². The molecule has 1 aliphatic carbocycles. The van der Waals surface area contributed by atoms with Crippen molar-refractivity contribution in [2.45, 2.75) is 51.0 Å². The molecule has 0 unspecified atom stereocenters. The maximum absolute atomic E-state index is 6.21. The van der Waals surface area contributed by atoms with Gasteiger partial charge in [0, 0.05) is 18.0 Å². The summed E-state index contributed by atoms with van der Waals surface area (Å²) in [6.07, 6.45) is 5.57. The topological polar surface area (TPSA) is 73.5 Å². The first kappa shape index (κ1) is 17.0. The molecule has 0 N–H and O–H groups in total. The van der Waals surface area contributed by atoms with Crippen molar-refractivity contribution in [1.29, 1.82) is 0 Å². The Bertz CT molecular complexity index is 844. The highest BCUT2D eigenvalue weighted by molar-refractivity contribution is 5.66. The van der Waals surface area contributed by atoms with E-state index >= 15 is 0 Å². The molecule has 2 aromatic heterocycles. The molecular weight excluding hydrogens is 344 g/mol. The summed E-state index contributed by atoms with van der Waals surface area (Å²) in [7, 11) is 0. The normalized spacial score (nSPS) is 21.1. The predicted molar refractivity (Wildman–Crippen MR) is 100.0 cm³/mol. The van der Waals surface area contributed by atoms with Gasteiger partial charge in [0.15, 0.2) is 0 Å². The Morgan fingerprint density at radius 1 is 1.30 bits per heavy atom. The lowest BCUT2D eigenvalue weighted by atomic mass is 9.82. The van der Waals surface area contributed by atoms with Crippen molar-refractivity contribution < 1.29 is 14.0 Å². The molecule has 2 saturated heterocycles. The van der Waals surface area contributed by atoms with Gasteiger partial charge < -0.3 is 18.9 Å². The summed E-state index contributed by atoms with van der Waals surface area (Å²) in [6, 6.07) is 1.96. The van der Waals surface area contributed by atoms with Crippen LogP contribution in [0.5, 0.6) is 5.75 Å². The second kappa shape index (κ2) is 5.92. The van der Waals surface area contributed by atoms with E-state index in [1.807, 2.05) is 12.3 Å². The molecule has 7 heteroatoms. The second-order valence-corrected chi connectivity index (χ2v) is 9.08. The minimum absolute atomic E-state index is 0.145. The molecule has 7 nitrogen and oxygen atoms in total. The number of rotatable bonds is 5. The van der Waals surface area contributed by atoms with Gasteiger partial charge in [-0.3, -0.25) is 4.98 Å². The number of aromatic nitrogens is 3. The fraction of sp³-hybridized carbons (Fsp3) is 0.650. The van der Waals surface area contributed by atoms with Crippen molar-refractivity contribution >= 4 is 5.69 Å². The van der Waals surface area contributed by atoms with Gasteiger partial charge >= 0.3 is 0 Å². The lowest BCUT2D eigenvalue weighted by molar-refractivity contribution is -0.0849. The van der Waals surface area contributed by atoms with E-state index in [4.69, 9.17) is 14.0 Å². The Kier molecular flexibility index (Phi) is 3.73. The van der Waals surface area contributed by atoms with Gasteiger partial charge in [0.05, 0.1) is 37.2 Å². The van der Waals surface area contributed by atoms with Crippen molar-refractivity contribution in [1.82, 2.24) is 15.1 Å². The summed E-state index contributed by atoms with van der Waals surface area (Å²) in [5.41, 5.74) is 1.69. The van der Waals surface area contributed by atoms with E-state index in [9.17, 15) is 0 Å². The molecule has 0 aromatic carbocycles. The van der Waals surface area contributed by atoms with Gasteiger partial charge in [0.25, 0.3) is 0 Å². The average molecular weight is 370 g/mol. The van der Waals surface area contributed by atoms with Crippen LogP contribution >= 0.6 is 0 Å². The number of hydrogen-bond acceptors (Lipinski definition) is 7. The molecule has 0 atom stereocenters. The van der Waals surface area contributed by atoms with Crippen LogP contribution in [-0.2, 0) is 10.2 Å². The maximum atomic E-state index is 6.21. The first-order chi connectivity index (χ1) is 12.9. The van der Waals surface area contributed by atoms with Gasteiger partial charge in [0.2, 0.25) is 11.7 Å². The number of ether oxygens (including phenoxy) is 2. The summed E-state index contributed by atoms with van der Waals surface area (Å²) in [5.74, 6) is 2.66. The van der Waals surface area contributed by atoms with E-state index in [1.165, 1.54) is 12.8 Å². The Morgan fingerprint density at radius 2 is 2.11 bits per heavy atom. The van der Waals surface area contributed by atoms with Crippen molar-refractivity contribution in [2.75, 3.05) is 31.3 Å². The number of hydrogen-bond donors (Lipinski definition) is 0. The predicted octanol–water partition coefficient (Wildman–Crippen LogP) is 3.20. The zero-order valence-electron chi connectivity index (χ0n) is 16.2. The minimum atomic E-state index is -0.190. The molecular formula is C20H26N4O3. The molecule has 2 aromatic rings. The molecule has 0 amide bonds. The second-order valence-electron chi connectivity index (χ2n) is 9.08. The zero-order chi connectivity index (χ0) is 18.6. The molecule has 5 rings (SSSR count). The molecule has 1 spiro atoms. The summed E-state index contributed by atoms with van der Waals surface area (Å²) < 4.78 is 17.1. The largest absolute Gasteiger partial charge is 0.491 e.